The molecule has 5 heteroatoms. The van der Waals surface area contributed by atoms with Crippen molar-refractivity contribution in [3.8, 4) is 11.8 Å². The van der Waals surface area contributed by atoms with Crippen molar-refractivity contribution in [2.45, 2.75) is 0 Å². The van der Waals surface area contributed by atoms with Gasteiger partial charge in [0.1, 0.15) is 22.9 Å². The fourth-order valence-electron chi connectivity index (χ4n) is 1.62. The Balaban J connectivity index is 2.71. The number of aromatic nitrogens is 1. The van der Waals surface area contributed by atoms with Gasteiger partial charge >= 0.3 is 0 Å². The highest BCUT2D eigenvalue weighted by molar-refractivity contribution is 6.03. The van der Waals surface area contributed by atoms with E-state index < -0.39 is 5.91 Å². The lowest BCUT2D eigenvalue weighted by Gasteiger charge is -2.03. The van der Waals surface area contributed by atoms with Crippen molar-refractivity contribution in [2.75, 3.05) is 0 Å². The van der Waals surface area contributed by atoms with E-state index in [0.29, 0.717) is 16.5 Å². The molecule has 2 aromatic rings. The average Bonchev–Trinajstić information content (AvgIpc) is 2.38. The standard InChI is InChI=1S/C13H9N3O2/c14-7-9(13(15)18)6-8-3-4-11(17)12-10(8)2-1-5-16-12/h1-6,17H,(H2,15,18)/b9-6-. The van der Waals surface area contributed by atoms with Crippen molar-refractivity contribution in [2.24, 2.45) is 5.73 Å². The van der Waals surface area contributed by atoms with Crippen LogP contribution in [0.2, 0.25) is 0 Å². The summed E-state index contributed by atoms with van der Waals surface area (Å²) in [6.45, 7) is 0. The van der Waals surface area contributed by atoms with Gasteiger partial charge in [0.15, 0.2) is 0 Å². The van der Waals surface area contributed by atoms with Crippen LogP contribution in [0.3, 0.4) is 0 Å². The molecule has 18 heavy (non-hydrogen) atoms. The van der Waals surface area contributed by atoms with Crippen LogP contribution in [-0.2, 0) is 4.79 Å². The number of pyridine rings is 1. The third-order valence-electron chi connectivity index (χ3n) is 2.47. The number of phenolic OH excluding ortho intramolecular Hbond substituents is 1. The number of hydrogen-bond acceptors (Lipinski definition) is 4. The van der Waals surface area contributed by atoms with E-state index in [1.807, 2.05) is 0 Å². The minimum Gasteiger partial charge on any atom is -0.506 e. The van der Waals surface area contributed by atoms with E-state index in [9.17, 15) is 9.90 Å². The maximum atomic E-state index is 11.0. The summed E-state index contributed by atoms with van der Waals surface area (Å²) >= 11 is 0. The summed E-state index contributed by atoms with van der Waals surface area (Å²) in [5.41, 5.74) is 5.94. The molecule has 0 aliphatic rings. The van der Waals surface area contributed by atoms with Gasteiger partial charge in [-0.1, -0.05) is 12.1 Å². The molecule has 1 amide bonds. The Morgan fingerprint density at radius 2 is 2.22 bits per heavy atom. The molecule has 0 radical (unpaired) electrons. The van der Waals surface area contributed by atoms with Crippen molar-refractivity contribution in [1.82, 2.24) is 4.98 Å². The Morgan fingerprint density at radius 1 is 1.44 bits per heavy atom. The molecule has 0 saturated carbocycles. The molecule has 1 heterocycles. The largest absolute Gasteiger partial charge is 0.506 e. The molecule has 0 aliphatic heterocycles. The molecule has 88 valence electrons. The Kier molecular flexibility index (Phi) is 2.94. The Morgan fingerprint density at radius 3 is 2.89 bits per heavy atom. The highest BCUT2D eigenvalue weighted by Gasteiger charge is 2.08. The molecule has 1 aromatic carbocycles. The summed E-state index contributed by atoms with van der Waals surface area (Å²) in [5.74, 6) is -0.747. The summed E-state index contributed by atoms with van der Waals surface area (Å²) in [6.07, 6.45) is 2.93. The van der Waals surface area contributed by atoms with E-state index in [4.69, 9.17) is 11.0 Å². The monoisotopic (exact) mass is 239 g/mol. The molecule has 3 N–H and O–H groups in total. The average molecular weight is 239 g/mol. The number of benzene rings is 1. The van der Waals surface area contributed by atoms with Crippen LogP contribution in [0, 0.1) is 11.3 Å². The number of nitrogens with zero attached hydrogens (tertiary/aromatic N) is 2. The molecule has 0 bridgehead atoms. The van der Waals surface area contributed by atoms with Crippen molar-refractivity contribution < 1.29 is 9.90 Å². The zero-order chi connectivity index (χ0) is 13.1. The van der Waals surface area contributed by atoms with Gasteiger partial charge in [-0.25, -0.2) is 0 Å². The number of nitriles is 1. The zero-order valence-corrected chi connectivity index (χ0v) is 9.29. The number of amides is 1. The number of carbonyl (C=O) groups is 1. The summed E-state index contributed by atoms with van der Waals surface area (Å²) in [7, 11) is 0. The van der Waals surface area contributed by atoms with Crippen LogP contribution in [0.4, 0.5) is 0 Å². The van der Waals surface area contributed by atoms with Gasteiger partial charge in [0, 0.05) is 11.6 Å². The van der Waals surface area contributed by atoms with Gasteiger partial charge in [-0.05, 0) is 23.8 Å². The molecule has 2 rings (SSSR count). The summed E-state index contributed by atoms with van der Waals surface area (Å²) in [4.78, 5) is 15.0. The van der Waals surface area contributed by atoms with E-state index in [0.717, 1.165) is 0 Å². The van der Waals surface area contributed by atoms with E-state index in [-0.39, 0.29) is 11.3 Å². The maximum Gasteiger partial charge on any atom is 0.259 e. The Bertz CT molecular complexity index is 699. The van der Waals surface area contributed by atoms with Gasteiger partial charge in [0.25, 0.3) is 5.91 Å². The second-order valence-corrected chi connectivity index (χ2v) is 3.61. The van der Waals surface area contributed by atoms with Crippen LogP contribution in [0.5, 0.6) is 5.75 Å². The van der Waals surface area contributed by atoms with Gasteiger partial charge in [-0.3, -0.25) is 9.78 Å². The number of fused-ring (bicyclic) bond motifs is 1. The molecule has 0 atom stereocenters. The molecule has 0 spiro atoms. The maximum absolute atomic E-state index is 11.0. The molecule has 5 nitrogen and oxygen atoms in total. The van der Waals surface area contributed by atoms with E-state index in [2.05, 4.69) is 4.98 Å². The number of aromatic hydroxyl groups is 1. The van der Waals surface area contributed by atoms with Crippen molar-refractivity contribution >= 4 is 22.9 Å². The molecular formula is C13H9N3O2. The Labute approximate surface area is 103 Å². The number of carbonyl (C=O) groups excluding carboxylic acids is 1. The first-order chi connectivity index (χ1) is 8.63. The second-order valence-electron chi connectivity index (χ2n) is 3.61. The predicted octanol–water partition coefficient (Wildman–Crippen LogP) is 1.33. The SMILES string of the molecule is N#C/C(=C/c1ccc(O)c2ncccc12)C(N)=O. The van der Waals surface area contributed by atoms with E-state index in [1.165, 1.54) is 12.1 Å². The van der Waals surface area contributed by atoms with Crippen molar-refractivity contribution in [1.29, 1.82) is 5.26 Å². The summed E-state index contributed by atoms with van der Waals surface area (Å²) in [5, 5.41) is 19.1. The van der Waals surface area contributed by atoms with Crippen molar-refractivity contribution in [3.05, 3.63) is 41.6 Å². The summed E-state index contributed by atoms with van der Waals surface area (Å²) in [6, 6.07) is 8.23. The summed E-state index contributed by atoms with van der Waals surface area (Å²) < 4.78 is 0. The highest BCUT2D eigenvalue weighted by atomic mass is 16.3. The number of nitrogens with two attached hydrogens (primary N) is 1. The molecular weight excluding hydrogens is 230 g/mol. The molecule has 0 saturated heterocycles. The number of hydrogen-bond donors (Lipinski definition) is 2. The lowest BCUT2D eigenvalue weighted by molar-refractivity contribution is -0.114. The second kappa shape index (κ2) is 4.55. The molecule has 0 aliphatic carbocycles. The first-order valence-corrected chi connectivity index (χ1v) is 5.12. The van der Waals surface area contributed by atoms with Crippen LogP contribution in [0.15, 0.2) is 36.0 Å². The van der Waals surface area contributed by atoms with Gasteiger partial charge in [0.05, 0.1) is 0 Å². The minimum absolute atomic E-state index is 0.0420. The normalized spacial score (nSPS) is 11.2. The topological polar surface area (TPSA) is 100 Å². The number of phenols is 1. The van der Waals surface area contributed by atoms with Gasteiger partial charge in [-0.2, -0.15) is 5.26 Å². The van der Waals surface area contributed by atoms with Crippen LogP contribution in [-0.4, -0.2) is 16.0 Å². The number of rotatable bonds is 2. The fraction of sp³-hybridized carbons (Fsp3) is 0. The molecule has 0 fully saturated rings. The first-order valence-electron chi connectivity index (χ1n) is 5.12. The zero-order valence-electron chi connectivity index (χ0n) is 9.29. The van der Waals surface area contributed by atoms with Crippen LogP contribution < -0.4 is 5.73 Å². The predicted molar refractivity (Wildman–Crippen MR) is 66.2 cm³/mol. The Hall–Kier alpha value is -2.87. The van der Waals surface area contributed by atoms with Gasteiger partial charge < -0.3 is 10.8 Å². The van der Waals surface area contributed by atoms with E-state index in [1.54, 1.807) is 30.5 Å². The molecule has 1 aromatic heterocycles. The molecule has 0 unspecified atom stereocenters. The first kappa shape index (κ1) is 11.6. The third kappa shape index (κ3) is 1.99. The third-order valence-corrected chi connectivity index (χ3v) is 2.47. The lowest BCUT2D eigenvalue weighted by atomic mass is 10.0. The van der Waals surface area contributed by atoms with Gasteiger partial charge in [0.2, 0.25) is 0 Å². The van der Waals surface area contributed by atoms with Crippen LogP contribution >= 0.6 is 0 Å². The van der Waals surface area contributed by atoms with E-state index >= 15 is 0 Å². The number of primary amides is 1. The van der Waals surface area contributed by atoms with Crippen molar-refractivity contribution in [3.63, 3.8) is 0 Å². The minimum atomic E-state index is -0.789. The highest BCUT2D eigenvalue weighted by Crippen LogP contribution is 2.26. The van der Waals surface area contributed by atoms with Crippen LogP contribution in [0.25, 0.3) is 17.0 Å². The van der Waals surface area contributed by atoms with Gasteiger partial charge in [-0.15, -0.1) is 0 Å². The van der Waals surface area contributed by atoms with Crippen LogP contribution in [0.1, 0.15) is 5.56 Å². The quantitative estimate of drug-likeness (QED) is 0.609. The lowest BCUT2D eigenvalue weighted by Crippen LogP contribution is -2.12. The smallest absolute Gasteiger partial charge is 0.259 e. The fourth-order valence-corrected chi connectivity index (χ4v) is 1.62.